The van der Waals surface area contributed by atoms with Crippen molar-refractivity contribution in [2.24, 2.45) is 7.05 Å². The SMILES string of the molecule is CCOC(=O)Cc1ccccc1OCc1nn(C)c2ccc(I)cc12. The maximum atomic E-state index is 11.8. The van der Waals surface area contributed by atoms with Crippen molar-refractivity contribution in [1.82, 2.24) is 9.78 Å². The smallest absolute Gasteiger partial charge is 0.310 e. The number of benzene rings is 2. The van der Waals surface area contributed by atoms with Gasteiger partial charge in [0.15, 0.2) is 0 Å². The summed E-state index contributed by atoms with van der Waals surface area (Å²) in [7, 11) is 1.92. The molecule has 0 saturated heterocycles. The number of rotatable bonds is 6. The Balaban J connectivity index is 1.80. The third kappa shape index (κ3) is 4.12. The summed E-state index contributed by atoms with van der Waals surface area (Å²) in [5, 5.41) is 5.64. The fraction of sp³-hybridized carbons (Fsp3) is 0.263. The van der Waals surface area contributed by atoms with Gasteiger partial charge in [-0.25, -0.2) is 0 Å². The minimum absolute atomic E-state index is 0.199. The van der Waals surface area contributed by atoms with Crippen molar-refractivity contribution in [2.75, 3.05) is 6.61 Å². The number of halogens is 1. The monoisotopic (exact) mass is 450 g/mol. The van der Waals surface area contributed by atoms with Gasteiger partial charge in [0.25, 0.3) is 0 Å². The number of ether oxygens (including phenoxy) is 2. The second kappa shape index (κ2) is 7.86. The lowest BCUT2D eigenvalue weighted by Crippen LogP contribution is -2.09. The van der Waals surface area contributed by atoms with Gasteiger partial charge in [0.1, 0.15) is 18.1 Å². The van der Waals surface area contributed by atoms with Crippen LogP contribution in [0.1, 0.15) is 18.2 Å². The standard InChI is InChI=1S/C19H19IN2O3/c1-3-24-19(23)10-13-6-4-5-7-18(13)25-12-16-15-11-14(20)8-9-17(15)22(2)21-16/h4-9,11H,3,10,12H2,1-2H3. The van der Waals surface area contributed by atoms with Gasteiger partial charge >= 0.3 is 5.97 Å². The summed E-state index contributed by atoms with van der Waals surface area (Å²) in [5.41, 5.74) is 2.76. The maximum Gasteiger partial charge on any atom is 0.310 e. The molecule has 0 unspecified atom stereocenters. The highest BCUT2D eigenvalue weighted by molar-refractivity contribution is 14.1. The number of carbonyl (C=O) groups excluding carboxylic acids is 1. The zero-order chi connectivity index (χ0) is 17.8. The molecule has 0 N–H and O–H groups in total. The van der Waals surface area contributed by atoms with Crippen LogP contribution in [-0.2, 0) is 29.6 Å². The maximum absolute atomic E-state index is 11.8. The third-order valence-corrected chi connectivity index (χ3v) is 4.54. The van der Waals surface area contributed by atoms with E-state index in [9.17, 15) is 4.79 Å². The van der Waals surface area contributed by atoms with Crippen LogP contribution in [0.5, 0.6) is 5.75 Å². The summed E-state index contributed by atoms with van der Waals surface area (Å²) < 4.78 is 14.0. The van der Waals surface area contributed by atoms with Gasteiger partial charge in [-0.1, -0.05) is 18.2 Å². The summed E-state index contributed by atoms with van der Waals surface area (Å²) >= 11 is 2.29. The van der Waals surface area contributed by atoms with E-state index < -0.39 is 0 Å². The van der Waals surface area contributed by atoms with Crippen LogP contribution in [0, 0.1) is 3.57 Å². The molecule has 0 aliphatic carbocycles. The summed E-state index contributed by atoms with van der Waals surface area (Å²) in [4.78, 5) is 11.8. The molecule has 2 aromatic carbocycles. The number of carbonyl (C=O) groups is 1. The molecule has 1 aromatic heterocycles. The highest BCUT2D eigenvalue weighted by atomic mass is 127. The lowest BCUT2D eigenvalue weighted by Gasteiger charge is -2.10. The molecule has 6 heteroatoms. The molecule has 0 bridgehead atoms. The molecule has 0 aliphatic heterocycles. The third-order valence-electron chi connectivity index (χ3n) is 3.87. The number of aromatic nitrogens is 2. The quantitative estimate of drug-likeness (QED) is 0.423. The van der Waals surface area contributed by atoms with Gasteiger partial charge in [0.05, 0.1) is 18.5 Å². The second-order valence-electron chi connectivity index (χ2n) is 5.61. The zero-order valence-electron chi connectivity index (χ0n) is 14.2. The minimum Gasteiger partial charge on any atom is -0.487 e. The van der Waals surface area contributed by atoms with E-state index in [2.05, 4.69) is 45.9 Å². The van der Waals surface area contributed by atoms with E-state index in [1.54, 1.807) is 6.92 Å². The molecule has 130 valence electrons. The van der Waals surface area contributed by atoms with Crippen molar-refractivity contribution in [3.63, 3.8) is 0 Å². The molecule has 3 aromatic rings. The van der Waals surface area contributed by atoms with Gasteiger partial charge in [0.2, 0.25) is 0 Å². The van der Waals surface area contributed by atoms with Crippen LogP contribution in [0.3, 0.4) is 0 Å². The van der Waals surface area contributed by atoms with Gasteiger partial charge in [-0.05, 0) is 53.8 Å². The Labute approximate surface area is 160 Å². The van der Waals surface area contributed by atoms with Gasteiger partial charge < -0.3 is 9.47 Å². The topological polar surface area (TPSA) is 53.4 Å². The Hall–Kier alpha value is -2.09. The Kier molecular flexibility index (Phi) is 5.57. The van der Waals surface area contributed by atoms with Crippen LogP contribution < -0.4 is 4.74 Å². The molecule has 0 atom stereocenters. The number of para-hydroxylation sites is 1. The summed E-state index contributed by atoms with van der Waals surface area (Å²) in [6.45, 7) is 2.52. The van der Waals surface area contributed by atoms with Crippen molar-refractivity contribution in [3.05, 3.63) is 57.3 Å². The van der Waals surface area contributed by atoms with Crippen LogP contribution in [0.15, 0.2) is 42.5 Å². The molecular formula is C19H19IN2O3. The Morgan fingerprint density at radius 2 is 2.04 bits per heavy atom. The van der Waals surface area contributed by atoms with Gasteiger partial charge in [-0.3, -0.25) is 9.48 Å². The van der Waals surface area contributed by atoms with Gasteiger partial charge in [-0.2, -0.15) is 5.10 Å². The highest BCUT2D eigenvalue weighted by Gasteiger charge is 2.13. The molecule has 0 amide bonds. The van der Waals surface area contributed by atoms with E-state index in [-0.39, 0.29) is 12.4 Å². The number of esters is 1. The fourth-order valence-electron chi connectivity index (χ4n) is 2.72. The van der Waals surface area contributed by atoms with Crippen molar-refractivity contribution < 1.29 is 14.3 Å². The average molecular weight is 450 g/mol. The molecule has 0 radical (unpaired) electrons. The van der Waals surface area contributed by atoms with Crippen LogP contribution in [-0.4, -0.2) is 22.4 Å². The predicted molar refractivity (Wildman–Crippen MR) is 105 cm³/mol. The Bertz CT molecular complexity index is 905. The molecule has 25 heavy (non-hydrogen) atoms. The number of nitrogens with zero attached hydrogens (tertiary/aromatic N) is 2. The number of fused-ring (bicyclic) bond motifs is 1. The molecule has 0 fully saturated rings. The highest BCUT2D eigenvalue weighted by Crippen LogP contribution is 2.24. The van der Waals surface area contributed by atoms with Gasteiger partial charge in [-0.15, -0.1) is 0 Å². The Morgan fingerprint density at radius 1 is 1.24 bits per heavy atom. The van der Waals surface area contributed by atoms with Crippen molar-refractivity contribution in [3.8, 4) is 5.75 Å². The minimum atomic E-state index is -0.253. The predicted octanol–water partition coefficient (Wildman–Crippen LogP) is 3.86. The lowest BCUT2D eigenvalue weighted by atomic mass is 10.1. The Morgan fingerprint density at radius 3 is 2.84 bits per heavy atom. The number of hydrogen-bond donors (Lipinski definition) is 0. The first-order valence-corrected chi connectivity index (χ1v) is 9.14. The van der Waals surface area contributed by atoms with Gasteiger partial charge in [0, 0.05) is 21.6 Å². The van der Waals surface area contributed by atoms with E-state index in [0.717, 1.165) is 25.7 Å². The molecule has 0 spiro atoms. The zero-order valence-corrected chi connectivity index (χ0v) is 16.3. The van der Waals surface area contributed by atoms with Crippen molar-refractivity contribution >= 4 is 39.5 Å². The largest absolute Gasteiger partial charge is 0.487 e. The molecule has 0 saturated carbocycles. The second-order valence-corrected chi connectivity index (χ2v) is 6.86. The van der Waals surface area contributed by atoms with E-state index >= 15 is 0 Å². The average Bonchev–Trinajstić information content (AvgIpc) is 2.89. The molecular weight excluding hydrogens is 431 g/mol. The van der Waals surface area contributed by atoms with E-state index in [4.69, 9.17) is 9.47 Å². The summed E-state index contributed by atoms with van der Waals surface area (Å²) in [6, 6.07) is 13.7. The lowest BCUT2D eigenvalue weighted by molar-refractivity contribution is -0.142. The first kappa shape index (κ1) is 17.7. The van der Waals surface area contributed by atoms with Crippen LogP contribution in [0.4, 0.5) is 0 Å². The van der Waals surface area contributed by atoms with E-state index in [1.165, 1.54) is 0 Å². The molecule has 5 nitrogen and oxygen atoms in total. The van der Waals surface area contributed by atoms with Crippen LogP contribution >= 0.6 is 22.6 Å². The fourth-order valence-corrected chi connectivity index (χ4v) is 3.21. The first-order chi connectivity index (χ1) is 12.1. The summed E-state index contributed by atoms with van der Waals surface area (Å²) in [5.74, 6) is 0.427. The van der Waals surface area contributed by atoms with E-state index in [1.807, 2.05) is 36.0 Å². The molecule has 1 heterocycles. The normalized spacial score (nSPS) is 10.8. The number of hydrogen-bond acceptors (Lipinski definition) is 4. The molecule has 3 rings (SSSR count). The number of aryl methyl sites for hydroxylation is 1. The van der Waals surface area contributed by atoms with Crippen molar-refractivity contribution in [2.45, 2.75) is 20.0 Å². The first-order valence-electron chi connectivity index (χ1n) is 8.06. The van der Waals surface area contributed by atoms with Crippen molar-refractivity contribution in [1.29, 1.82) is 0 Å². The van der Waals surface area contributed by atoms with E-state index in [0.29, 0.717) is 19.0 Å². The molecule has 0 aliphatic rings. The van der Waals surface area contributed by atoms with Crippen LogP contribution in [0.25, 0.3) is 10.9 Å². The van der Waals surface area contributed by atoms with Crippen LogP contribution in [0.2, 0.25) is 0 Å². The summed E-state index contributed by atoms with van der Waals surface area (Å²) in [6.07, 6.45) is 0.199.